The standard InChI is InChI=1S/C13H19ClN2/c14-13-9-16-6-5-11(13)7-10-3-1-2-4-12(15)8-10/h5-6,9-10,12H,1-4,7-8,15H2. The van der Waals surface area contributed by atoms with Gasteiger partial charge in [-0.15, -0.1) is 0 Å². The highest BCUT2D eigenvalue weighted by Gasteiger charge is 2.18. The highest BCUT2D eigenvalue weighted by Crippen LogP contribution is 2.27. The topological polar surface area (TPSA) is 38.9 Å². The van der Waals surface area contributed by atoms with Gasteiger partial charge in [-0.05, 0) is 36.8 Å². The Morgan fingerprint density at radius 1 is 1.38 bits per heavy atom. The van der Waals surface area contributed by atoms with Crippen molar-refractivity contribution >= 4 is 11.6 Å². The second kappa shape index (κ2) is 5.65. The summed E-state index contributed by atoms with van der Waals surface area (Å²) >= 11 is 6.13. The predicted molar refractivity (Wildman–Crippen MR) is 67.5 cm³/mol. The normalized spacial score (nSPS) is 26.4. The number of aromatic nitrogens is 1. The molecular weight excluding hydrogens is 220 g/mol. The van der Waals surface area contributed by atoms with Crippen LogP contribution in [0.1, 0.15) is 37.7 Å². The fraction of sp³-hybridized carbons (Fsp3) is 0.615. The van der Waals surface area contributed by atoms with Gasteiger partial charge in [-0.1, -0.05) is 30.9 Å². The average Bonchev–Trinajstić information content (AvgIpc) is 2.46. The number of nitrogens with zero attached hydrogens (tertiary/aromatic N) is 1. The maximum Gasteiger partial charge on any atom is 0.0621 e. The maximum absolute atomic E-state index is 6.13. The molecule has 1 aromatic heterocycles. The fourth-order valence-corrected chi connectivity index (χ4v) is 2.77. The van der Waals surface area contributed by atoms with Gasteiger partial charge in [0.25, 0.3) is 0 Å². The summed E-state index contributed by atoms with van der Waals surface area (Å²) in [6.07, 6.45) is 10.8. The van der Waals surface area contributed by atoms with E-state index in [0.29, 0.717) is 12.0 Å². The molecule has 0 amide bonds. The molecule has 1 aliphatic rings. The molecule has 88 valence electrons. The highest BCUT2D eigenvalue weighted by molar-refractivity contribution is 6.31. The van der Waals surface area contributed by atoms with Gasteiger partial charge in [0.1, 0.15) is 0 Å². The number of hydrogen-bond acceptors (Lipinski definition) is 2. The average molecular weight is 239 g/mol. The van der Waals surface area contributed by atoms with E-state index in [4.69, 9.17) is 17.3 Å². The molecular formula is C13H19ClN2. The molecule has 2 rings (SSSR count). The third-order valence-electron chi connectivity index (χ3n) is 3.44. The lowest BCUT2D eigenvalue weighted by molar-refractivity contribution is 0.431. The Hall–Kier alpha value is -0.600. The molecule has 1 aromatic rings. The summed E-state index contributed by atoms with van der Waals surface area (Å²) in [6.45, 7) is 0. The van der Waals surface area contributed by atoms with Crippen molar-refractivity contribution in [1.82, 2.24) is 4.98 Å². The molecule has 3 heteroatoms. The second-order valence-electron chi connectivity index (χ2n) is 4.82. The van der Waals surface area contributed by atoms with Gasteiger partial charge in [0.2, 0.25) is 0 Å². The highest BCUT2D eigenvalue weighted by atomic mass is 35.5. The van der Waals surface area contributed by atoms with Crippen molar-refractivity contribution in [3.8, 4) is 0 Å². The van der Waals surface area contributed by atoms with Crippen molar-refractivity contribution in [3.05, 3.63) is 29.0 Å². The maximum atomic E-state index is 6.13. The van der Waals surface area contributed by atoms with Gasteiger partial charge < -0.3 is 5.73 Å². The number of pyridine rings is 1. The van der Waals surface area contributed by atoms with Gasteiger partial charge in [0.05, 0.1) is 5.02 Å². The van der Waals surface area contributed by atoms with Crippen molar-refractivity contribution in [2.24, 2.45) is 11.7 Å². The molecule has 0 aliphatic heterocycles. The van der Waals surface area contributed by atoms with E-state index in [2.05, 4.69) is 4.98 Å². The van der Waals surface area contributed by atoms with Crippen LogP contribution in [0.2, 0.25) is 5.02 Å². The van der Waals surface area contributed by atoms with E-state index >= 15 is 0 Å². The van der Waals surface area contributed by atoms with Crippen LogP contribution in [0.3, 0.4) is 0 Å². The summed E-state index contributed by atoms with van der Waals surface area (Å²) < 4.78 is 0. The van der Waals surface area contributed by atoms with Crippen molar-refractivity contribution in [2.45, 2.75) is 44.6 Å². The van der Waals surface area contributed by atoms with E-state index in [-0.39, 0.29) is 0 Å². The zero-order chi connectivity index (χ0) is 11.4. The molecule has 2 nitrogen and oxygen atoms in total. The van der Waals surface area contributed by atoms with Crippen LogP contribution in [-0.4, -0.2) is 11.0 Å². The van der Waals surface area contributed by atoms with E-state index in [1.54, 1.807) is 6.20 Å². The molecule has 0 spiro atoms. The van der Waals surface area contributed by atoms with Gasteiger partial charge in [-0.2, -0.15) is 0 Å². The third kappa shape index (κ3) is 3.19. The van der Waals surface area contributed by atoms with Gasteiger partial charge in [0.15, 0.2) is 0 Å². The van der Waals surface area contributed by atoms with E-state index in [0.717, 1.165) is 17.9 Å². The predicted octanol–water partition coefficient (Wildman–Crippen LogP) is 3.19. The van der Waals surface area contributed by atoms with Gasteiger partial charge in [-0.25, -0.2) is 0 Å². The molecule has 2 atom stereocenters. The van der Waals surface area contributed by atoms with E-state index in [1.165, 1.54) is 31.2 Å². The zero-order valence-electron chi connectivity index (χ0n) is 9.53. The Balaban J connectivity index is 2.00. The first kappa shape index (κ1) is 11.9. The third-order valence-corrected chi connectivity index (χ3v) is 3.78. The minimum atomic E-state index is 0.383. The Morgan fingerprint density at radius 2 is 2.19 bits per heavy atom. The van der Waals surface area contributed by atoms with Crippen LogP contribution in [0.4, 0.5) is 0 Å². The lowest BCUT2D eigenvalue weighted by Gasteiger charge is -2.17. The summed E-state index contributed by atoms with van der Waals surface area (Å²) in [5, 5.41) is 0.792. The van der Waals surface area contributed by atoms with Crippen molar-refractivity contribution in [3.63, 3.8) is 0 Å². The second-order valence-corrected chi connectivity index (χ2v) is 5.22. The van der Waals surface area contributed by atoms with Crippen molar-refractivity contribution in [1.29, 1.82) is 0 Å². The summed E-state index contributed by atoms with van der Waals surface area (Å²) in [7, 11) is 0. The van der Waals surface area contributed by atoms with E-state index < -0.39 is 0 Å². The number of halogens is 1. The van der Waals surface area contributed by atoms with E-state index in [9.17, 15) is 0 Å². The first-order valence-electron chi connectivity index (χ1n) is 6.09. The number of rotatable bonds is 2. The lowest BCUT2D eigenvalue weighted by atomic mass is 9.91. The fourth-order valence-electron chi connectivity index (χ4n) is 2.57. The van der Waals surface area contributed by atoms with Crippen LogP contribution >= 0.6 is 11.6 Å². The van der Waals surface area contributed by atoms with Crippen LogP contribution in [0.5, 0.6) is 0 Å². The summed E-state index contributed by atoms with van der Waals surface area (Å²) in [6, 6.07) is 2.41. The Labute approximate surface area is 102 Å². The number of hydrogen-bond donors (Lipinski definition) is 1. The first-order valence-corrected chi connectivity index (χ1v) is 6.47. The molecule has 0 saturated heterocycles. The van der Waals surface area contributed by atoms with Crippen molar-refractivity contribution < 1.29 is 0 Å². The molecule has 2 N–H and O–H groups in total. The van der Waals surface area contributed by atoms with Crippen LogP contribution < -0.4 is 5.73 Å². The van der Waals surface area contributed by atoms with Gasteiger partial charge in [0, 0.05) is 18.4 Å². The van der Waals surface area contributed by atoms with Gasteiger partial charge >= 0.3 is 0 Å². The molecule has 1 saturated carbocycles. The molecule has 16 heavy (non-hydrogen) atoms. The zero-order valence-corrected chi connectivity index (χ0v) is 10.3. The smallest absolute Gasteiger partial charge is 0.0621 e. The van der Waals surface area contributed by atoms with Crippen LogP contribution in [0.15, 0.2) is 18.5 Å². The molecule has 2 unspecified atom stereocenters. The molecule has 1 fully saturated rings. The van der Waals surface area contributed by atoms with Gasteiger partial charge in [-0.3, -0.25) is 4.98 Å². The Bertz CT molecular complexity index is 340. The Kier molecular flexibility index (Phi) is 4.19. The summed E-state index contributed by atoms with van der Waals surface area (Å²) in [4.78, 5) is 4.01. The molecule has 0 bridgehead atoms. The van der Waals surface area contributed by atoms with Crippen LogP contribution in [0.25, 0.3) is 0 Å². The minimum Gasteiger partial charge on any atom is -0.328 e. The van der Waals surface area contributed by atoms with Crippen molar-refractivity contribution in [2.75, 3.05) is 0 Å². The molecule has 0 radical (unpaired) electrons. The largest absolute Gasteiger partial charge is 0.328 e. The minimum absolute atomic E-state index is 0.383. The first-order chi connectivity index (χ1) is 7.75. The molecule has 1 aliphatic carbocycles. The summed E-state index contributed by atoms with van der Waals surface area (Å²) in [5.74, 6) is 0.692. The van der Waals surface area contributed by atoms with Crippen LogP contribution in [-0.2, 0) is 6.42 Å². The Morgan fingerprint density at radius 3 is 3.00 bits per heavy atom. The van der Waals surface area contributed by atoms with Crippen LogP contribution in [0, 0.1) is 5.92 Å². The SMILES string of the molecule is NC1CCCCC(Cc2ccncc2Cl)C1. The number of nitrogens with two attached hydrogens (primary N) is 1. The summed E-state index contributed by atoms with van der Waals surface area (Å²) in [5.41, 5.74) is 7.29. The lowest BCUT2D eigenvalue weighted by Crippen LogP contribution is -2.22. The molecule has 1 heterocycles. The quantitative estimate of drug-likeness (QED) is 0.804. The molecule has 0 aromatic carbocycles. The van der Waals surface area contributed by atoms with E-state index in [1.807, 2.05) is 12.3 Å². The monoisotopic (exact) mass is 238 g/mol.